The van der Waals surface area contributed by atoms with Crippen LogP contribution in [0.15, 0.2) is 11.8 Å². The lowest BCUT2D eigenvalue weighted by Crippen LogP contribution is -2.18. The summed E-state index contributed by atoms with van der Waals surface area (Å²) in [5.41, 5.74) is 0. The second-order valence-electron chi connectivity index (χ2n) is 3.49. The van der Waals surface area contributed by atoms with E-state index in [2.05, 4.69) is 0 Å². The second-order valence-corrected chi connectivity index (χ2v) is 3.49. The third kappa shape index (κ3) is 0.968. The van der Waals surface area contributed by atoms with Gasteiger partial charge in [-0.25, -0.2) is 0 Å². The number of hydrogen-bond acceptors (Lipinski definition) is 2. The van der Waals surface area contributed by atoms with Gasteiger partial charge in [0, 0.05) is 13.0 Å². The summed E-state index contributed by atoms with van der Waals surface area (Å²) in [7, 11) is 1.77. The monoisotopic (exact) mass is 154 g/mol. The minimum absolute atomic E-state index is 0.390. The maximum absolute atomic E-state index is 9.42. The number of ether oxygens (including phenoxy) is 1. The lowest BCUT2D eigenvalue weighted by atomic mass is 9.97. The van der Waals surface area contributed by atoms with Crippen LogP contribution >= 0.6 is 0 Å². The zero-order valence-electron chi connectivity index (χ0n) is 6.79. The normalized spacial score (nSPS) is 42.3. The van der Waals surface area contributed by atoms with E-state index in [9.17, 15) is 5.11 Å². The van der Waals surface area contributed by atoms with Crippen LogP contribution in [0, 0.1) is 11.8 Å². The Balaban J connectivity index is 2.09. The molecule has 1 fully saturated rings. The third-order valence-electron chi connectivity index (χ3n) is 3.04. The SMILES string of the molecule is COC1CC[C@@H]2C(O)=CC[C@H]12. The van der Waals surface area contributed by atoms with Crippen LogP contribution in [0.2, 0.25) is 0 Å². The standard InChI is InChI=1S/C9H14O2/c1-11-9-5-3-6-7(9)2-4-8(6)10/h4,6-7,9-10H,2-3,5H2,1H3/t6-,7-,9?/m0/s1. The van der Waals surface area contributed by atoms with Gasteiger partial charge >= 0.3 is 0 Å². The number of methoxy groups -OCH3 is 1. The Morgan fingerprint density at radius 1 is 1.55 bits per heavy atom. The van der Waals surface area contributed by atoms with E-state index in [4.69, 9.17) is 4.74 Å². The summed E-state index contributed by atoms with van der Waals surface area (Å²) in [6.07, 6.45) is 5.56. The van der Waals surface area contributed by atoms with Crippen LogP contribution in [0.3, 0.4) is 0 Å². The highest BCUT2D eigenvalue weighted by Gasteiger charge is 2.40. The first kappa shape index (κ1) is 7.17. The molecule has 0 bridgehead atoms. The number of allylic oxidation sites excluding steroid dienone is 2. The number of aliphatic hydroxyl groups is 1. The molecule has 0 aromatic carbocycles. The van der Waals surface area contributed by atoms with Crippen LogP contribution in [-0.2, 0) is 4.74 Å². The van der Waals surface area contributed by atoms with Crippen molar-refractivity contribution in [3.63, 3.8) is 0 Å². The summed E-state index contributed by atoms with van der Waals surface area (Å²) in [5.74, 6) is 1.59. The predicted molar refractivity (Wildman–Crippen MR) is 42.3 cm³/mol. The molecule has 1 unspecified atom stereocenters. The fraction of sp³-hybridized carbons (Fsp3) is 0.778. The summed E-state index contributed by atoms with van der Waals surface area (Å²) < 4.78 is 5.33. The smallest absolute Gasteiger partial charge is 0.0917 e. The van der Waals surface area contributed by atoms with E-state index in [1.807, 2.05) is 6.08 Å². The van der Waals surface area contributed by atoms with Gasteiger partial charge in [-0.05, 0) is 31.3 Å². The zero-order chi connectivity index (χ0) is 7.84. The summed E-state index contributed by atoms with van der Waals surface area (Å²) in [5, 5.41) is 9.42. The highest BCUT2D eigenvalue weighted by molar-refractivity contribution is 5.12. The van der Waals surface area contributed by atoms with E-state index in [1.54, 1.807) is 7.11 Å². The van der Waals surface area contributed by atoms with Crippen LogP contribution in [0.1, 0.15) is 19.3 Å². The Hall–Kier alpha value is -0.500. The van der Waals surface area contributed by atoms with Crippen molar-refractivity contribution in [2.75, 3.05) is 7.11 Å². The van der Waals surface area contributed by atoms with Crippen molar-refractivity contribution < 1.29 is 9.84 Å². The molecule has 0 saturated heterocycles. The van der Waals surface area contributed by atoms with Gasteiger partial charge in [-0.2, -0.15) is 0 Å². The molecule has 2 rings (SSSR count). The van der Waals surface area contributed by atoms with E-state index in [0.717, 1.165) is 19.3 Å². The molecule has 0 aliphatic heterocycles. The molecule has 0 heterocycles. The number of rotatable bonds is 1. The van der Waals surface area contributed by atoms with E-state index in [-0.39, 0.29) is 0 Å². The van der Waals surface area contributed by atoms with Crippen molar-refractivity contribution in [2.24, 2.45) is 11.8 Å². The van der Waals surface area contributed by atoms with Crippen LogP contribution in [0.25, 0.3) is 0 Å². The molecule has 2 nitrogen and oxygen atoms in total. The molecule has 2 heteroatoms. The molecule has 0 spiro atoms. The van der Waals surface area contributed by atoms with Crippen molar-refractivity contribution >= 4 is 0 Å². The van der Waals surface area contributed by atoms with E-state index in [1.165, 1.54) is 0 Å². The molecule has 2 aliphatic rings. The Bertz CT molecular complexity index is 186. The fourth-order valence-electron chi connectivity index (χ4n) is 2.42. The molecule has 0 radical (unpaired) electrons. The maximum Gasteiger partial charge on any atom is 0.0917 e. The van der Waals surface area contributed by atoms with Gasteiger partial charge in [0.05, 0.1) is 11.9 Å². The van der Waals surface area contributed by atoms with Gasteiger partial charge in [0.15, 0.2) is 0 Å². The Morgan fingerprint density at radius 3 is 3.09 bits per heavy atom. The van der Waals surface area contributed by atoms with Gasteiger partial charge in [-0.15, -0.1) is 0 Å². The first-order valence-corrected chi connectivity index (χ1v) is 4.24. The molecule has 3 atom stereocenters. The lowest BCUT2D eigenvalue weighted by molar-refractivity contribution is 0.0662. The van der Waals surface area contributed by atoms with E-state index >= 15 is 0 Å². The van der Waals surface area contributed by atoms with Crippen LogP contribution in [0.4, 0.5) is 0 Å². The molecular weight excluding hydrogens is 140 g/mol. The topological polar surface area (TPSA) is 29.5 Å². The van der Waals surface area contributed by atoms with Crippen molar-refractivity contribution in [3.05, 3.63) is 11.8 Å². The van der Waals surface area contributed by atoms with Crippen LogP contribution < -0.4 is 0 Å². The van der Waals surface area contributed by atoms with Gasteiger partial charge in [0.1, 0.15) is 0 Å². The van der Waals surface area contributed by atoms with Crippen molar-refractivity contribution in [2.45, 2.75) is 25.4 Å². The highest BCUT2D eigenvalue weighted by atomic mass is 16.5. The Kier molecular flexibility index (Phi) is 1.64. The predicted octanol–water partition coefficient (Wildman–Crippen LogP) is 1.87. The molecule has 11 heavy (non-hydrogen) atoms. The molecule has 0 amide bonds. The summed E-state index contributed by atoms with van der Waals surface area (Å²) in [4.78, 5) is 0. The number of fused-ring (bicyclic) bond motifs is 1. The highest BCUT2D eigenvalue weighted by Crippen LogP contribution is 2.44. The Morgan fingerprint density at radius 2 is 2.36 bits per heavy atom. The molecule has 62 valence electrons. The average Bonchev–Trinajstić information content (AvgIpc) is 2.53. The minimum atomic E-state index is 0.390. The van der Waals surface area contributed by atoms with E-state index < -0.39 is 0 Å². The van der Waals surface area contributed by atoms with Gasteiger partial charge in [0.25, 0.3) is 0 Å². The fourth-order valence-corrected chi connectivity index (χ4v) is 2.42. The zero-order valence-corrected chi connectivity index (χ0v) is 6.79. The van der Waals surface area contributed by atoms with Crippen molar-refractivity contribution in [1.82, 2.24) is 0 Å². The van der Waals surface area contributed by atoms with Crippen molar-refractivity contribution in [3.8, 4) is 0 Å². The van der Waals surface area contributed by atoms with Gasteiger partial charge in [0.2, 0.25) is 0 Å². The van der Waals surface area contributed by atoms with Crippen molar-refractivity contribution in [1.29, 1.82) is 0 Å². The minimum Gasteiger partial charge on any atom is -0.512 e. The van der Waals surface area contributed by atoms with Crippen LogP contribution in [-0.4, -0.2) is 18.3 Å². The quantitative estimate of drug-likeness (QED) is 0.624. The van der Waals surface area contributed by atoms with Gasteiger partial charge < -0.3 is 9.84 Å². The summed E-state index contributed by atoms with van der Waals surface area (Å²) in [6.45, 7) is 0. The Labute approximate surface area is 66.9 Å². The molecule has 0 aromatic rings. The average molecular weight is 154 g/mol. The summed E-state index contributed by atoms with van der Waals surface area (Å²) >= 11 is 0. The van der Waals surface area contributed by atoms with Crippen LogP contribution in [0.5, 0.6) is 0 Å². The molecular formula is C9H14O2. The molecule has 1 N–H and O–H groups in total. The number of hydrogen-bond donors (Lipinski definition) is 1. The maximum atomic E-state index is 9.42. The first-order chi connectivity index (χ1) is 5.33. The number of aliphatic hydroxyl groups excluding tert-OH is 1. The van der Waals surface area contributed by atoms with Gasteiger partial charge in [-0.1, -0.05) is 0 Å². The third-order valence-corrected chi connectivity index (χ3v) is 3.04. The lowest BCUT2D eigenvalue weighted by Gasteiger charge is -2.16. The second kappa shape index (κ2) is 2.52. The molecule has 1 saturated carbocycles. The summed E-state index contributed by atoms with van der Waals surface area (Å²) in [6, 6.07) is 0. The molecule has 0 aromatic heterocycles. The molecule has 2 aliphatic carbocycles. The van der Waals surface area contributed by atoms with Gasteiger partial charge in [-0.3, -0.25) is 0 Å². The largest absolute Gasteiger partial charge is 0.512 e. The first-order valence-electron chi connectivity index (χ1n) is 4.24. The van der Waals surface area contributed by atoms with E-state index in [0.29, 0.717) is 23.7 Å².